The number of rotatable bonds is 7. The Morgan fingerprint density at radius 1 is 1.28 bits per heavy atom. The predicted octanol–water partition coefficient (Wildman–Crippen LogP) is 2.70. The Morgan fingerprint density at radius 2 is 2.00 bits per heavy atom. The number of amides is 1. The third kappa shape index (κ3) is 5.06. The molecule has 0 saturated carbocycles. The number of aromatic nitrogens is 2. The number of benzene rings is 1. The molecule has 1 heterocycles. The zero-order valence-electron chi connectivity index (χ0n) is 15.5. The highest BCUT2D eigenvalue weighted by Crippen LogP contribution is 2.20. The van der Waals surface area contributed by atoms with E-state index < -0.39 is 12.1 Å². The molecule has 0 aliphatic carbocycles. The molecule has 0 saturated heterocycles. The number of ether oxygens (including phenoxy) is 1. The minimum Gasteiger partial charge on any atom is -0.491 e. The van der Waals surface area contributed by atoms with E-state index >= 15 is 0 Å². The summed E-state index contributed by atoms with van der Waals surface area (Å²) in [6, 6.07) is 8.78. The van der Waals surface area contributed by atoms with Gasteiger partial charge >= 0.3 is 0 Å². The molecule has 2 atom stereocenters. The van der Waals surface area contributed by atoms with Gasteiger partial charge in [0.15, 0.2) is 0 Å². The average molecular weight is 345 g/mol. The Balaban J connectivity index is 1.96. The number of aliphatic hydroxyl groups excluding tert-OH is 1. The van der Waals surface area contributed by atoms with Gasteiger partial charge in [-0.05, 0) is 58.4 Å². The predicted molar refractivity (Wildman–Crippen MR) is 96.6 cm³/mol. The standard InChI is InChI=1S/C19H27N3O3/c1-12(2)25-17-8-6-7-16(10-17)18(23)11-20-19(24)15(5)22-14(4)9-13(3)21-22/h6-10,12,15,18,23H,11H2,1-5H3,(H,20,24)/t15-,18-/m0/s1. The molecule has 6 heteroatoms. The van der Waals surface area contributed by atoms with E-state index in [1.165, 1.54) is 0 Å². The fraction of sp³-hybridized carbons (Fsp3) is 0.474. The monoisotopic (exact) mass is 345 g/mol. The van der Waals surface area contributed by atoms with Crippen molar-refractivity contribution in [3.8, 4) is 5.75 Å². The highest BCUT2D eigenvalue weighted by Gasteiger charge is 2.19. The number of carbonyl (C=O) groups excluding carboxylic acids is 1. The van der Waals surface area contributed by atoms with E-state index in [1.807, 2.05) is 52.0 Å². The van der Waals surface area contributed by atoms with Crippen molar-refractivity contribution in [2.75, 3.05) is 6.54 Å². The first kappa shape index (κ1) is 19.0. The average Bonchev–Trinajstić information content (AvgIpc) is 2.89. The Bertz CT molecular complexity index is 724. The smallest absolute Gasteiger partial charge is 0.244 e. The van der Waals surface area contributed by atoms with Crippen LogP contribution >= 0.6 is 0 Å². The molecular weight excluding hydrogens is 318 g/mol. The molecule has 2 aromatic rings. The van der Waals surface area contributed by atoms with E-state index in [1.54, 1.807) is 17.7 Å². The highest BCUT2D eigenvalue weighted by atomic mass is 16.5. The van der Waals surface area contributed by atoms with Gasteiger partial charge in [0.25, 0.3) is 0 Å². The van der Waals surface area contributed by atoms with Crippen LogP contribution in [-0.2, 0) is 4.79 Å². The molecule has 2 rings (SSSR count). The lowest BCUT2D eigenvalue weighted by molar-refractivity contribution is -0.124. The summed E-state index contributed by atoms with van der Waals surface area (Å²) in [5.41, 5.74) is 2.51. The number of hydrogen-bond acceptors (Lipinski definition) is 4. The van der Waals surface area contributed by atoms with Crippen molar-refractivity contribution in [1.29, 1.82) is 0 Å². The first-order chi connectivity index (χ1) is 11.8. The largest absolute Gasteiger partial charge is 0.491 e. The van der Waals surface area contributed by atoms with E-state index in [4.69, 9.17) is 4.74 Å². The molecule has 136 valence electrons. The van der Waals surface area contributed by atoms with Crippen LogP contribution in [0, 0.1) is 13.8 Å². The number of aryl methyl sites for hydroxylation is 2. The van der Waals surface area contributed by atoms with Gasteiger partial charge in [0.2, 0.25) is 5.91 Å². The Kier molecular flexibility index (Phi) is 6.20. The molecular formula is C19H27N3O3. The van der Waals surface area contributed by atoms with E-state index in [0.29, 0.717) is 11.3 Å². The topological polar surface area (TPSA) is 76.4 Å². The summed E-state index contributed by atoms with van der Waals surface area (Å²) < 4.78 is 7.32. The van der Waals surface area contributed by atoms with Gasteiger partial charge in [0.1, 0.15) is 11.8 Å². The summed E-state index contributed by atoms with van der Waals surface area (Å²) in [7, 11) is 0. The van der Waals surface area contributed by atoms with Crippen molar-refractivity contribution in [1.82, 2.24) is 15.1 Å². The van der Waals surface area contributed by atoms with Crippen LogP contribution in [0.15, 0.2) is 30.3 Å². The molecule has 0 aliphatic heterocycles. The fourth-order valence-electron chi connectivity index (χ4n) is 2.68. The molecule has 0 spiro atoms. The molecule has 0 bridgehead atoms. The summed E-state index contributed by atoms with van der Waals surface area (Å²) in [6.45, 7) is 9.63. The SMILES string of the molecule is Cc1cc(C)n([C@@H](C)C(=O)NC[C@H](O)c2cccc(OC(C)C)c2)n1. The molecule has 2 N–H and O–H groups in total. The van der Waals surface area contributed by atoms with Crippen LogP contribution in [0.1, 0.15) is 49.9 Å². The molecule has 0 radical (unpaired) electrons. The third-order valence-corrected chi connectivity index (χ3v) is 3.88. The number of nitrogens with one attached hydrogen (secondary N) is 1. The molecule has 1 aromatic carbocycles. The number of carbonyl (C=O) groups is 1. The van der Waals surface area contributed by atoms with Crippen molar-refractivity contribution < 1.29 is 14.6 Å². The van der Waals surface area contributed by atoms with Crippen LogP contribution in [0.2, 0.25) is 0 Å². The van der Waals surface area contributed by atoms with Crippen molar-refractivity contribution in [2.24, 2.45) is 0 Å². The third-order valence-electron chi connectivity index (χ3n) is 3.88. The first-order valence-electron chi connectivity index (χ1n) is 8.53. The highest BCUT2D eigenvalue weighted by molar-refractivity contribution is 5.79. The maximum absolute atomic E-state index is 12.3. The van der Waals surface area contributed by atoms with Crippen molar-refractivity contribution in [2.45, 2.75) is 52.9 Å². The first-order valence-corrected chi connectivity index (χ1v) is 8.53. The van der Waals surface area contributed by atoms with Gasteiger partial charge in [-0.1, -0.05) is 12.1 Å². The Hall–Kier alpha value is -2.34. The van der Waals surface area contributed by atoms with Crippen molar-refractivity contribution in [3.05, 3.63) is 47.3 Å². The molecule has 0 unspecified atom stereocenters. The summed E-state index contributed by atoms with van der Waals surface area (Å²) in [5, 5.41) is 17.5. The molecule has 0 aliphatic rings. The summed E-state index contributed by atoms with van der Waals surface area (Å²) in [6.07, 6.45) is -0.735. The molecule has 1 amide bonds. The minimum absolute atomic E-state index is 0.0636. The second-order valence-electron chi connectivity index (χ2n) is 6.55. The second-order valence-corrected chi connectivity index (χ2v) is 6.55. The van der Waals surface area contributed by atoms with Gasteiger partial charge < -0.3 is 15.2 Å². The lowest BCUT2D eigenvalue weighted by Crippen LogP contribution is -2.34. The number of aliphatic hydroxyl groups is 1. The number of nitrogens with zero attached hydrogens (tertiary/aromatic N) is 2. The second kappa shape index (κ2) is 8.16. The van der Waals surface area contributed by atoms with Crippen LogP contribution in [0.3, 0.4) is 0 Å². The summed E-state index contributed by atoms with van der Waals surface area (Å²) >= 11 is 0. The van der Waals surface area contributed by atoms with Gasteiger partial charge in [-0.3, -0.25) is 9.48 Å². The van der Waals surface area contributed by atoms with E-state index in [9.17, 15) is 9.90 Å². The van der Waals surface area contributed by atoms with Crippen LogP contribution in [-0.4, -0.2) is 33.4 Å². The van der Waals surface area contributed by atoms with Crippen molar-refractivity contribution in [3.63, 3.8) is 0 Å². The van der Waals surface area contributed by atoms with Crippen LogP contribution in [0.4, 0.5) is 0 Å². The quantitative estimate of drug-likeness (QED) is 0.809. The van der Waals surface area contributed by atoms with Gasteiger partial charge in [-0.2, -0.15) is 5.10 Å². The van der Waals surface area contributed by atoms with Crippen LogP contribution in [0.5, 0.6) is 5.75 Å². The molecule has 0 fully saturated rings. The lowest BCUT2D eigenvalue weighted by Gasteiger charge is -2.18. The van der Waals surface area contributed by atoms with E-state index in [2.05, 4.69) is 10.4 Å². The van der Waals surface area contributed by atoms with Gasteiger partial charge in [0, 0.05) is 12.2 Å². The van der Waals surface area contributed by atoms with E-state index in [0.717, 1.165) is 11.4 Å². The minimum atomic E-state index is -0.799. The van der Waals surface area contributed by atoms with E-state index in [-0.39, 0.29) is 18.6 Å². The van der Waals surface area contributed by atoms with Crippen molar-refractivity contribution >= 4 is 5.91 Å². The van der Waals surface area contributed by atoms with Crippen LogP contribution < -0.4 is 10.1 Å². The maximum Gasteiger partial charge on any atom is 0.244 e. The zero-order chi connectivity index (χ0) is 18.6. The Morgan fingerprint density at radius 3 is 2.60 bits per heavy atom. The maximum atomic E-state index is 12.3. The summed E-state index contributed by atoms with van der Waals surface area (Å²) in [5.74, 6) is 0.522. The van der Waals surface area contributed by atoms with Crippen LogP contribution in [0.25, 0.3) is 0 Å². The lowest BCUT2D eigenvalue weighted by atomic mass is 10.1. The molecule has 25 heavy (non-hydrogen) atoms. The fourth-order valence-corrected chi connectivity index (χ4v) is 2.68. The number of hydrogen-bond donors (Lipinski definition) is 2. The zero-order valence-corrected chi connectivity index (χ0v) is 15.5. The normalized spacial score (nSPS) is 13.6. The van der Waals surface area contributed by atoms with Gasteiger partial charge in [-0.25, -0.2) is 0 Å². The molecule has 1 aromatic heterocycles. The van der Waals surface area contributed by atoms with Gasteiger partial charge in [-0.15, -0.1) is 0 Å². The molecule has 6 nitrogen and oxygen atoms in total. The van der Waals surface area contributed by atoms with Gasteiger partial charge in [0.05, 0.1) is 17.9 Å². The summed E-state index contributed by atoms with van der Waals surface area (Å²) in [4.78, 5) is 12.3. The Labute approximate surface area is 148 Å².